The summed E-state index contributed by atoms with van der Waals surface area (Å²) in [5.41, 5.74) is 2.26. The zero-order chi connectivity index (χ0) is 13.6. The van der Waals surface area contributed by atoms with Gasteiger partial charge in [-0.3, -0.25) is 15.5 Å². The van der Waals surface area contributed by atoms with Crippen molar-refractivity contribution < 1.29 is 18.0 Å². The Bertz CT molecular complexity index is 459. The highest BCUT2D eigenvalue weighted by Crippen LogP contribution is 2.08. The molecule has 0 saturated heterocycles. The minimum Gasteiger partial charge on any atom is -0.287 e. The van der Waals surface area contributed by atoms with E-state index in [2.05, 4.69) is 17.3 Å². The summed E-state index contributed by atoms with van der Waals surface area (Å²) in [6.07, 6.45) is -3.79. The second-order valence-corrected chi connectivity index (χ2v) is 3.46. The molecule has 0 saturated carbocycles. The molecule has 2 N–H and O–H groups in total. The standard InChI is InChI=1S/C10H8F3N3OS/c11-10(12,13)15-9(18)16-14-6-8(17)7-4-2-1-3-5-7/h1-6H,(H2,15,16,18)/b14-6+. The van der Waals surface area contributed by atoms with Crippen LogP contribution in [0, 0.1) is 0 Å². The molecule has 1 aromatic rings. The van der Waals surface area contributed by atoms with Crippen LogP contribution in [0.3, 0.4) is 0 Å². The van der Waals surface area contributed by atoms with Gasteiger partial charge >= 0.3 is 6.30 Å². The summed E-state index contributed by atoms with van der Waals surface area (Å²) in [5, 5.41) is 3.59. The van der Waals surface area contributed by atoms with E-state index >= 15 is 0 Å². The van der Waals surface area contributed by atoms with Crippen molar-refractivity contribution >= 4 is 29.3 Å². The maximum absolute atomic E-state index is 11.8. The molecule has 18 heavy (non-hydrogen) atoms. The third kappa shape index (κ3) is 5.39. The van der Waals surface area contributed by atoms with Crippen molar-refractivity contribution in [3.63, 3.8) is 0 Å². The quantitative estimate of drug-likeness (QED) is 0.290. The number of thiocarbonyl (C=S) groups is 1. The van der Waals surface area contributed by atoms with Crippen molar-refractivity contribution in [2.45, 2.75) is 6.30 Å². The molecule has 0 fully saturated rings. The Balaban J connectivity index is 2.47. The third-order valence-corrected chi connectivity index (χ3v) is 1.85. The van der Waals surface area contributed by atoms with E-state index in [9.17, 15) is 18.0 Å². The number of benzene rings is 1. The highest BCUT2D eigenvalue weighted by Gasteiger charge is 2.28. The summed E-state index contributed by atoms with van der Waals surface area (Å²) >= 11 is 4.30. The number of hydrogen-bond donors (Lipinski definition) is 2. The maximum atomic E-state index is 11.8. The lowest BCUT2D eigenvalue weighted by atomic mass is 10.1. The zero-order valence-corrected chi connectivity index (χ0v) is 9.68. The van der Waals surface area contributed by atoms with Gasteiger partial charge in [-0.2, -0.15) is 18.3 Å². The summed E-state index contributed by atoms with van der Waals surface area (Å²) in [6.45, 7) is 0. The topological polar surface area (TPSA) is 53.5 Å². The van der Waals surface area contributed by atoms with Gasteiger partial charge in [0.2, 0.25) is 5.78 Å². The summed E-state index contributed by atoms with van der Waals surface area (Å²) in [6, 6.07) is 8.16. The predicted octanol–water partition coefficient (Wildman–Crippen LogP) is 1.84. The van der Waals surface area contributed by atoms with E-state index < -0.39 is 17.2 Å². The van der Waals surface area contributed by atoms with E-state index in [1.54, 1.807) is 30.3 Å². The van der Waals surface area contributed by atoms with E-state index in [0.29, 0.717) is 5.56 Å². The molecule has 0 aromatic heterocycles. The SMILES string of the molecule is O=C(/C=N/NC(=S)NC(F)(F)F)c1ccccc1. The van der Waals surface area contributed by atoms with Crippen molar-refractivity contribution in [2.75, 3.05) is 0 Å². The lowest BCUT2D eigenvalue weighted by Gasteiger charge is -2.09. The lowest BCUT2D eigenvalue weighted by molar-refractivity contribution is -0.141. The Morgan fingerprint density at radius 2 is 1.89 bits per heavy atom. The zero-order valence-electron chi connectivity index (χ0n) is 8.86. The highest BCUT2D eigenvalue weighted by atomic mass is 32.1. The highest BCUT2D eigenvalue weighted by molar-refractivity contribution is 7.80. The minimum absolute atomic E-state index is 0.373. The molecule has 8 heteroatoms. The number of ketones is 1. The summed E-state index contributed by atoms with van der Waals surface area (Å²) in [5.74, 6) is -0.446. The fourth-order valence-corrected chi connectivity index (χ4v) is 1.15. The first kappa shape index (κ1) is 14.1. The van der Waals surface area contributed by atoms with Gasteiger partial charge in [0.05, 0.1) is 6.21 Å². The predicted molar refractivity (Wildman–Crippen MR) is 64.2 cm³/mol. The maximum Gasteiger partial charge on any atom is 0.484 e. The van der Waals surface area contributed by atoms with Crippen LogP contribution in [-0.2, 0) is 0 Å². The number of carbonyl (C=O) groups is 1. The van der Waals surface area contributed by atoms with Gasteiger partial charge in [-0.15, -0.1) is 0 Å². The van der Waals surface area contributed by atoms with Gasteiger partial charge in [0.25, 0.3) is 0 Å². The average Bonchev–Trinajstić information content (AvgIpc) is 2.27. The molecule has 0 radical (unpaired) electrons. The first-order chi connectivity index (χ1) is 8.38. The number of rotatable bonds is 3. The van der Waals surface area contributed by atoms with Crippen LogP contribution in [0.4, 0.5) is 13.2 Å². The number of halogens is 3. The van der Waals surface area contributed by atoms with Crippen molar-refractivity contribution in [2.24, 2.45) is 5.10 Å². The number of hydrazone groups is 1. The molecule has 0 atom stereocenters. The first-order valence-electron chi connectivity index (χ1n) is 4.66. The van der Waals surface area contributed by atoms with Gasteiger partial charge < -0.3 is 0 Å². The van der Waals surface area contributed by atoms with Gasteiger partial charge in [0, 0.05) is 5.56 Å². The van der Waals surface area contributed by atoms with Gasteiger partial charge in [0.15, 0.2) is 5.11 Å². The second kappa shape index (κ2) is 6.10. The van der Waals surface area contributed by atoms with Gasteiger partial charge in [0.1, 0.15) is 0 Å². The number of Topliss-reactive ketones (excluding diaryl/α,β-unsaturated/α-hetero) is 1. The van der Waals surface area contributed by atoms with E-state index in [4.69, 9.17) is 0 Å². The minimum atomic E-state index is -4.64. The number of nitrogens with one attached hydrogen (secondary N) is 2. The van der Waals surface area contributed by atoms with E-state index in [0.717, 1.165) is 11.5 Å². The molecule has 0 amide bonds. The molecule has 4 nitrogen and oxygen atoms in total. The molecule has 0 heterocycles. The van der Waals surface area contributed by atoms with Crippen LogP contribution >= 0.6 is 12.2 Å². The van der Waals surface area contributed by atoms with Crippen molar-refractivity contribution in [3.05, 3.63) is 35.9 Å². The average molecular weight is 275 g/mol. The number of hydrogen-bond acceptors (Lipinski definition) is 3. The van der Waals surface area contributed by atoms with Crippen molar-refractivity contribution in [1.29, 1.82) is 0 Å². The van der Waals surface area contributed by atoms with Crippen LogP contribution in [0.1, 0.15) is 10.4 Å². The summed E-state index contributed by atoms with van der Waals surface area (Å²) in [4.78, 5) is 11.4. The molecule has 0 aliphatic carbocycles. The Morgan fingerprint density at radius 3 is 2.44 bits per heavy atom. The van der Waals surface area contributed by atoms with Gasteiger partial charge in [-0.05, 0) is 12.2 Å². The monoisotopic (exact) mass is 275 g/mol. The van der Waals surface area contributed by atoms with Crippen molar-refractivity contribution in [3.8, 4) is 0 Å². The molecular formula is C10H8F3N3OS. The second-order valence-electron chi connectivity index (χ2n) is 3.05. The van der Waals surface area contributed by atoms with Crippen LogP contribution in [0.5, 0.6) is 0 Å². The van der Waals surface area contributed by atoms with Crippen LogP contribution in [-0.4, -0.2) is 23.4 Å². The Kier molecular flexibility index (Phi) is 4.78. The molecule has 1 rings (SSSR count). The summed E-state index contributed by atoms with van der Waals surface area (Å²) < 4.78 is 35.4. The number of nitrogens with zero attached hydrogens (tertiary/aromatic N) is 1. The molecule has 0 aliphatic rings. The van der Waals surface area contributed by atoms with E-state index in [-0.39, 0.29) is 0 Å². The van der Waals surface area contributed by atoms with Gasteiger partial charge in [-0.1, -0.05) is 30.3 Å². The molecule has 1 aromatic carbocycles. The third-order valence-electron chi connectivity index (χ3n) is 1.66. The van der Waals surface area contributed by atoms with E-state index in [1.807, 2.05) is 5.43 Å². The Labute approximate surface area is 106 Å². The fourth-order valence-electron chi connectivity index (χ4n) is 0.983. The molecule has 96 valence electrons. The molecule has 0 unspecified atom stereocenters. The molecular weight excluding hydrogens is 267 g/mol. The molecule has 0 bridgehead atoms. The first-order valence-corrected chi connectivity index (χ1v) is 5.06. The number of carbonyl (C=O) groups excluding carboxylic acids is 1. The van der Waals surface area contributed by atoms with Crippen molar-refractivity contribution in [1.82, 2.24) is 10.7 Å². The largest absolute Gasteiger partial charge is 0.484 e. The van der Waals surface area contributed by atoms with E-state index in [1.165, 1.54) is 0 Å². The summed E-state index contributed by atoms with van der Waals surface area (Å²) in [7, 11) is 0. The number of alkyl halides is 3. The normalized spacial score (nSPS) is 11.3. The van der Waals surface area contributed by atoms with Crippen LogP contribution in [0.25, 0.3) is 0 Å². The van der Waals surface area contributed by atoms with Crippen LogP contribution < -0.4 is 10.7 Å². The smallest absolute Gasteiger partial charge is 0.287 e. The molecule has 0 aliphatic heterocycles. The lowest BCUT2D eigenvalue weighted by Crippen LogP contribution is -2.42. The Hall–Kier alpha value is -1.96. The van der Waals surface area contributed by atoms with Crippen LogP contribution in [0.15, 0.2) is 35.4 Å². The fraction of sp³-hybridized carbons (Fsp3) is 0.100. The molecule has 0 spiro atoms. The Morgan fingerprint density at radius 1 is 1.28 bits per heavy atom. The van der Waals surface area contributed by atoms with Gasteiger partial charge in [-0.25, -0.2) is 0 Å². The van der Waals surface area contributed by atoms with Crippen LogP contribution in [0.2, 0.25) is 0 Å².